The van der Waals surface area contributed by atoms with Crippen molar-refractivity contribution in [2.24, 2.45) is 5.92 Å². The van der Waals surface area contributed by atoms with Gasteiger partial charge in [0.15, 0.2) is 0 Å². The summed E-state index contributed by atoms with van der Waals surface area (Å²) in [6, 6.07) is 7.10. The number of benzene rings is 1. The van der Waals surface area contributed by atoms with Gasteiger partial charge in [-0.15, -0.1) is 0 Å². The topological polar surface area (TPSA) is 30.5 Å². The van der Waals surface area contributed by atoms with Gasteiger partial charge in [-0.05, 0) is 36.6 Å². The van der Waals surface area contributed by atoms with Crippen LogP contribution >= 0.6 is 0 Å². The first-order valence-electron chi connectivity index (χ1n) is 7.94. The fourth-order valence-electron chi connectivity index (χ4n) is 3.60. The minimum atomic E-state index is 0.392. The molecule has 0 bridgehead atoms. The molecule has 3 rings (SSSR count). The predicted molar refractivity (Wildman–Crippen MR) is 80.2 cm³/mol. The van der Waals surface area contributed by atoms with E-state index in [1.807, 2.05) is 0 Å². The summed E-state index contributed by atoms with van der Waals surface area (Å²) in [6.45, 7) is 7.13. The highest BCUT2D eigenvalue weighted by Gasteiger charge is 2.34. The second kappa shape index (κ2) is 6.15. The largest absolute Gasteiger partial charge is 0.493 e. The highest BCUT2D eigenvalue weighted by Crippen LogP contribution is 2.37. The lowest BCUT2D eigenvalue weighted by atomic mass is 9.86. The molecule has 3 unspecified atom stereocenters. The molecule has 0 aliphatic carbocycles. The Morgan fingerprint density at radius 3 is 3.00 bits per heavy atom. The van der Waals surface area contributed by atoms with E-state index in [2.05, 4.69) is 37.4 Å². The van der Waals surface area contributed by atoms with Crippen LogP contribution in [0.3, 0.4) is 0 Å². The van der Waals surface area contributed by atoms with E-state index < -0.39 is 0 Å². The van der Waals surface area contributed by atoms with Gasteiger partial charge in [0.1, 0.15) is 5.75 Å². The molecule has 2 aliphatic rings. The summed E-state index contributed by atoms with van der Waals surface area (Å²) in [5.41, 5.74) is 2.75. The van der Waals surface area contributed by atoms with Crippen molar-refractivity contribution in [3.8, 4) is 5.75 Å². The van der Waals surface area contributed by atoms with E-state index in [1.165, 1.54) is 11.1 Å². The number of fused-ring (bicyclic) bond motifs is 1. The molecule has 3 atom stereocenters. The van der Waals surface area contributed by atoms with E-state index in [9.17, 15) is 0 Å². The van der Waals surface area contributed by atoms with Crippen molar-refractivity contribution < 1.29 is 9.47 Å². The van der Waals surface area contributed by atoms with Crippen LogP contribution in [0, 0.1) is 5.92 Å². The quantitative estimate of drug-likeness (QED) is 0.895. The molecule has 0 saturated carbocycles. The van der Waals surface area contributed by atoms with Crippen molar-refractivity contribution in [2.45, 2.75) is 45.3 Å². The minimum absolute atomic E-state index is 0.392. The lowest BCUT2D eigenvalue weighted by Gasteiger charge is -2.28. The van der Waals surface area contributed by atoms with Gasteiger partial charge in [-0.3, -0.25) is 0 Å². The van der Waals surface area contributed by atoms with Gasteiger partial charge in [-0.1, -0.05) is 26.0 Å². The van der Waals surface area contributed by atoms with Crippen LogP contribution in [0.25, 0.3) is 0 Å². The summed E-state index contributed by atoms with van der Waals surface area (Å²) in [4.78, 5) is 0. The number of hydrogen-bond acceptors (Lipinski definition) is 3. The predicted octanol–water partition coefficient (Wildman–Crippen LogP) is 3.09. The van der Waals surface area contributed by atoms with E-state index in [4.69, 9.17) is 9.47 Å². The summed E-state index contributed by atoms with van der Waals surface area (Å²) >= 11 is 0. The Morgan fingerprint density at radius 2 is 2.20 bits per heavy atom. The van der Waals surface area contributed by atoms with Crippen LogP contribution in [0.5, 0.6) is 5.75 Å². The van der Waals surface area contributed by atoms with E-state index in [0.29, 0.717) is 18.1 Å². The molecule has 0 amide bonds. The van der Waals surface area contributed by atoms with E-state index in [0.717, 1.165) is 44.8 Å². The Balaban J connectivity index is 1.86. The first-order chi connectivity index (χ1) is 9.83. The van der Waals surface area contributed by atoms with Crippen LogP contribution in [0.1, 0.15) is 43.9 Å². The molecule has 20 heavy (non-hydrogen) atoms. The van der Waals surface area contributed by atoms with Crippen molar-refractivity contribution in [3.05, 3.63) is 29.3 Å². The Bertz CT molecular complexity index is 460. The van der Waals surface area contributed by atoms with Crippen LogP contribution in [0.2, 0.25) is 0 Å². The Morgan fingerprint density at radius 1 is 1.30 bits per heavy atom. The Hall–Kier alpha value is -1.06. The van der Waals surface area contributed by atoms with Gasteiger partial charge in [0.2, 0.25) is 0 Å². The fraction of sp³-hybridized carbons (Fsp3) is 0.647. The Kier molecular flexibility index (Phi) is 4.27. The van der Waals surface area contributed by atoms with Crippen molar-refractivity contribution in [1.82, 2.24) is 5.32 Å². The van der Waals surface area contributed by atoms with Crippen LogP contribution in [-0.2, 0) is 11.2 Å². The van der Waals surface area contributed by atoms with Crippen LogP contribution in [0.4, 0.5) is 0 Å². The molecule has 0 aromatic heterocycles. The average Bonchev–Trinajstić information content (AvgIpc) is 3.12. The zero-order chi connectivity index (χ0) is 13.9. The van der Waals surface area contributed by atoms with Gasteiger partial charge in [0.25, 0.3) is 0 Å². The van der Waals surface area contributed by atoms with Gasteiger partial charge < -0.3 is 14.8 Å². The summed E-state index contributed by atoms with van der Waals surface area (Å²) in [5.74, 6) is 1.65. The molecule has 0 radical (unpaired) electrons. The summed E-state index contributed by atoms with van der Waals surface area (Å²) < 4.78 is 11.5. The van der Waals surface area contributed by atoms with Crippen molar-refractivity contribution >= 4 is 0 Å². The lowest BCUT2D eigenvalue weighted by molar-refractivity contribution is 0.0776. The molecule has 1 saturated heterocycles. The van der Waals surface area contributed by atoms with Crippen molar-refractivity contribution in [3.63, 3.8) is 0 Å². The van der Waals surface area contributed by atoms with Gasteiger partial charge in [0, 0.05) is 25.0 Å². The third-order valence-corrected chi connectivity index (χ3v) is 4.59. The molecule has 2 aliphatic heterocycles. The second-order valence-electron chi connectivity index (χ2n) is 5.77. The van der Waals surface area contributed by atoms with Crippen molar-refractivity contribution in [2.75, 3.05) is 19.8 Å². The molecule has 1 N–H and O–H groups in total. The first-order valence-corrected chi connectivity index (χ1v) is 7.94. The minimum Gasteiger partial charge on any atom is -0.493 e. The summed E-state index contributed by atoms with van der Waals surface area (Å²) in [7, 11) is 0. The number of ether oxygens (including phenoxy) is 2. The third kappa shape index (κ3) is 2.57. The van der Waals surface area contributed by atoms with Crippen LogP contribution in [0.15, 0.2) is 18.2 Å². The Labute approximate surface area is 121 Å². The first kappa shape index (κ1) is 13.9. The SMILES string of the molecule is CCNC(c1ccc2c(c1)CCO2)C1CCOC1CC. The molecule has 3 nitrogen and oxygen atoms in total. The maximum atomic E-state index is 5.89. The molecule has 0 spiro atoms. The molecular weight excluding hydrogens is 250 g/mol. The van der Waals surface area contributed by atoms with Crippen molar-refractivity contribution in [1.29, 1.82) is 0 Å². The average molecular weight is 275 g/mol. The zero-order valence-electron chi connectivity index (χ0n) is 12.5. The van der Waals surface area contributed by atoms with E-state index in [1.54, 1.807) is 0 Å². The van der Waals surface area contributed by atoms with Crippen LogP contribution in [-0.4, -0.2) is 25.9 Å². The highest BCUT2D eigenvalue weighted by atomic mass is 16.5. The molecule has 110 valence electrons. The smallest absolute Gasteiger partial charge is 0.122 e. The monoisotopic (exact) mass is 275 g/mol. The third-order valence-electron chi connectivity index (χ3n) is 4.59. The number of rotatable bonds is 5. The van der Waals surface area contributed by atoms with Gasteiger partial charge in [0.05, 0.1) is 12.7 Å². The van der Waals surface area contributed by atoms with Gasteiger partial charge in [-0.2, -0.15) is 0 Å². The zero-order valence-corrected chi connectivity index (χ0v) is 12.5. The highest BCUT2D eigenvalue weighted by molar-refractivity contribution is 5.41. The maximum Gasteiger partial charge on any atom is 0.122 e. The molecule has 1 fully saturated rings. The van der Waals surface area contributed by atoms with Gasteiger partial charge in [-0.25, -0.2) is 0 Å². The summed E-state index contributed by atoms with van der Waals surface area (Å²) in [5, 5.41) is 3.68. The van der Waals surface area contributed by atoms with E-state index >= 15 is 0 Å². The fourth-order valence-corrected chi connectivity index (χ4v) is 3.60. The van der Waals surface area contributed by atoms with E-state index in [-0.39, 0.29) is 0 Å². The molecule has 2 heterocycles. The van der Waals surface area contributed by atoms with Gasteiger partial charge >= 0.3 is 0 Å². The molecular formula is C17H25NO2. The molecule has 3 heteroatoms. The number of hydrogen-bond donors (Lipinski definition) is 1. The lowest BCUT2D eigenvalue weighted by Crippen LogP contribution is -2.32. The maximum absolute atomic E-state index is 5.89. The number of nitrogens with one attached hydrogen (secondary N) is 1. The van der Waals surface area contributed by atoms with Crippen LogP contribution < -0.4 is 10.1 Å². The standard InChI is InChI=1S/C17H25NO2/c1-3-15-14(8-10-19-15)17(18-4-2)13-5-6-16-12(11-13)7-9-20-16/h5-6,11,14-15,17-18H,3-4,7-10H2,1-2H3. The molecule has 1 aromatic rings. The second-order valence-corrected chi connectivity index (χ2v) is 5.77. The normalized spacial score (nSPS) is 26.3. The summed E-state index contributed by atoms with van der Waals surface area (Å²) in [6.07, 6.45) is 3.69. The molecule has 1 aromatic carbocycles.